The first kappa shape index (κ1) is 22.3. The van der Waals surface area contributed by atoms with Crippen molar-refractivity contribution in [1.82, 2.24) is 24.8 Å². The average Bonchev–Trinajstić information content (AvgIpc) is 3.25. The number of hydrogen-bond acceptors (Lipinski definition) is 5. The SMILES string of the molecule is CSCCC(NC(=O)c1cccc(C)c1)C(=O)N1CCC(c2nnc3ccccn23)CC1. The van der Waals surface area contributed by atoms with Crippen LogP contribution in [0, 0.1) is 6.92 Å². The number of carbonyl (C=O) groups excluding carboxylic acids is 2. The van der Waals surface area contributed by atoms with Crippen LogP contribution in [0.4, 0.5) is 0 Å². The van der Waals surface area contributed by atoms with Crippen molar-refractivity contribution in [1.29, 1.82) is 0 Å². The molecule has 0 radical (unpaired) electrons. The number of rotatable bonds is 7. The van der Waals surface area contributed by atoms with Crippen molar-refractivity contribution < 1.29 is 9.59 Å². The number of aromatic nitrogens is 3. The van der Waals surface area contributed by atoms with E-state index in [1.54, 1.807) is 17.8 Å². The molecule has 32 heavy (non-hydrogen) atoms. The van der Waals surface area contributed by atoms with Gasteiger partial charge in [0.25, 0.3) is 5.91 Å². The lowest BCUT2D eigenvalue weighted by Gasteiger charge is -2.34. The molecule has 1 fully saturated rings. The van der Waals surface area contributed by atoms with Gasteiger partial charge in [-0.05, 0) is 62.5 Å². The van der Waals surface area contributed by atoms with Crippen LogP contribution in [0.25, 0.3) is 5.65 Å². The standard InChI is InChI=1S/C24H29N5O2S/c1-17-6-5-7-19(16-17)23(30)25-20(11-15-32-2)24(31)28-13-9-18(10-14-28)22-27-26-21-8-3-4-12-29(21)22/h3-8,12,16,18,20H,9-11,13-15H2,1-2H3,(H,25,30). The van der Waals surface area contributed by atoms with Crippen LogP contribution in [-0.4, -0.2) is 62.5 Å². The fourth-order valence-electron chi connectivity index (χ4n) is 4.24. The van der Waals surface area contributed by atoms with Crippen LogP contribution in [0.3, 0.4) is 0 Å². The molecule has 7 nitrogen and oxygen atoms in total. The van der Waals surface area contributed by atoms with Crippen molar-refractivity contribution in [3.05, 3.63) is 65.6 Å². The molecule has 0 spiro atoms. The van der Waals surface area contributed by atoms with Crippen molar-refractivity contribution in [2.24, 2.45) is 0 Å². The topological polar surface area (TPSA) is 79.6 Å². The molecule has 1 aliphatic rings. The number of fused-ring (bicyclic) bond motifs is 1. The van der Waals surface area contributed by atoms with Crippen LogP contribution in [0.15, 0.2) is 48.7 Å². The Morgan fingerprint density at radius 1 is 1.16 bits per heavy atom. The zero-order valence-electron chi connectivity index (χ0n) is 18.5. The highest BCUT2D eigenvalue weighted by molar-refractivity contribution is 7.98. The van der Waals surface area contributed by atoms with E-state index < -0.39 is 6.04 Å². The van der Waals surface area contributed by atoms with Crippen LogP contribution in [0.2, 0.25) is 0 Å². The summed E-state index contributed by atoms with van der Waals surface area (Å²) < 4.78 is 2.03. The Kier molecular flexibility index (Phi) is 7.09. The van der Waals surface area contributed by atoms with E-state index in [2.05, 4.69) is 15.5 Å². The lowest BCUT2D eigenvalue weighted by molar-refractivity contribution is -0.134. The van der Waals surface area contributed by atoms with Crippen molar-refractivity contribution in [3.8, 4) is 0 Å². The third kappa shape index (κ3) is 4.96. The number of carbonyl (C=O) groups is 2. The van der Waals surface area contributed by atoms with Gasteiger partial charge in [0.05, 0.1) is 0 Å². The maximum absolute atomic E-state index is 13.3. The second-order valence-electron chi connectivity index (χ2n) is 8.26. The second-order valence-corrected chi connectivity index (χ2v) is 9.25. The number of likely N-dealkylation sites (tertiary alicyclic amines) is 1. The summed E-state index contributed by atoms with van der Waals surface area (Å²) in [6, 6.07) is 12.8. The first-order valence-electron chi connectivity index (χ1n) is 11.0. The number of pyridine rings is 1. The van der Waals surface area contributed by atoms with Gasteiger partial charge < -0.3 is 10.2 Å². The summed E-state index contributed by atoms with van der Waals surface area (Å²) >= 11 is 1.68. The van der Waals surface area contributed by atoms with Gasteiger partial charge in [0.15, 0.2) is 5.65 Å². The Hall–Kier alpha value is -2.87. The molecule has 1 saturated heterocycles. The van der Waals surface area contributed by atoms with E-state index in [4.69, 9.17) is 0 Å². The highest BCUT2D eigenvalue weighted by Crippen LogP contribution is 2.27. The molecule has 3 heterocycles. The van der Waals surface area contributed by atoms with Crippen LogP contribution >= 0.6 is 11.8 Å². The maximum Gasteiger partial charge on any atom is 0.251 e. The van der Waals surface area contributed by atoms with Gasteiger partial charge in [0, 0.05) is 30.8 Å². The molecule has 1 atom stereocenters. The molecule has 1 unspecified atom stereocenters. The minimum Gasteiger partial charge on any atom is -0.341 e. The predicted octanol–water partition coefficient (Wildman–Crippen LogP) is 3.30. The molecule has 1 aliphatic heterocycles. The molecule has 168 valence electrons. The fraction of sp³-hybridized carbons (Fsp3) is 0.417. The molecular weight excluding hydrogens is 422 g/mol. The number of amides is 2. The van der Waals surface area contributed by atoms with Gasteiger partial charge in [-0.3, -0.25) is 14.0 Å². The zero-order valence-corrected chi connectivity index (χ0v) is 19.3. The summed E-state index contributed by atoms with van der Waals surface area (Å²) in [5, 5.41) is 11.6. The highest BCUT2D eigenvalue weighted by Gasteiger charge is 2.31. The van der Waals surface area contributed by atoms with E-state index >= 15 is 0 Å². The van der Waals surface area contributed by atoms with Gasteiger partial charge >= 0.3 is 0 Å². The van der Waals surface area contributed by atoms with E-state index in [0.717, 1.165) is 35.6 Å². The van der Waals surface area contributed by atoms with Crippen molar-refractivity contribution in [2.45, 2.75) is 38.1 Å². The normalized spacial score (nSPS) is 15.6. The van der Waals surface area contributed by atoms with E-state index in [0.29, 0.717) is 25.1 Å². The summed E-state index contributed by atoms with van der Waals surface area (Å²) in [4.78, 5) is 28.0. The minimum absolute atomic E-state index is 0.00426. The summed E-state index contributed by atoms with van der Waals surface area (Å²) in [6.07, 6.45) is 6.29. The number of hydrogen-bond donors (Lipinski definition) is 1. The van der Waals surface area contributed by atoms with Gasteiger partial charge in [-0.15, -0.1) is 10.2 Å². The van der Waals surface area contributed by atoms with Crippen LogP contribution in [0.5, 0.6) is 0 Å². The van der Waals surface area contributed by atoms with Gasteiger partial charge in [0.2, 0.25) is 5.91 Å². The Labute approximate surface area is 192 Å². The average molecular weight is 452 g/mol. The molecule has 4 rings (SSSR count). The number of aryl methyl sites for hydroxylation is 1. The summed E-state index contributed by atoms with van der Waals surface area (Å²) in [5.74, 6) is 1.84. The minimum atomic E-state index is -0.513. The number of piperidine rings is 1. The van der Waals surface area contributed by atoms with Crippen molar-refractivity contribution in [3.63, 3.8) is 0 Å². The third-order valence-electron chi connectivity index (χ3n) is 6.01. The van der Waals surface area contributed by atoms with Gasteiger partial charge in [-0.2, -0.15) is 11.8 Å². The van der Waals surface area contributed by atoms with Crippen LogP contribution in [-0.2, 0) is 4.79 Å². The van der Waals surface area contributed by atoms with Gasteiger partial charge in [-0.1, -0.05) is 23.8 Å². The molecule has 3 aromatic rings. The monoisotopic (exact) mass is 451 g/mol. The Morgan fingerprint density at radius 2 is 1.97 bits per heavy atom. The molecule has 0 bridgehead atoms. The van der Waals surface area contributed by atoms with Crippen LogP contribution < -0.4 is 5.32 Å². The Balaban J connectivity index is 1.41. The summed E-state index contributed by atoms with van der Waals surface area (Å²) in [7, 11) is 0. The van der Waals surface area contributed by atoms with Crippen molar-refractivity contribution >= 4 is 29.2 Å². The molecule has 2 amide bonds. The maximum atomic E-state index is 13.3. The molecule has 1 N–H and O–H groups in total. The highest BCUT2D eigenvalue weighted by atomic mass is 32.2. The molecule has 8 heteroatoms. The molecule has 1 aromatic carbocycles. The van der Waals surface area contributed by atoms with Gasteiger partial charge in [0.1, 0.15) is 11.9 Å². The lowest BCUT2D eigenvalue weighted by Crippen LogP contribution is -2.51. The largest absolute Gasteiger partial charge is 0.341 e. The number of nitrogens with one attached hydrogen (secondary N) is 1. The first-order chi connectivity index (χ1) is 15.6. The smallest absolute Gasteiger partial charge is 0.251 e. The first-order valence-corrected chi connectivity index (χ1v) is 12.4. The lowest BCUT2D eigenvalue weighted by atomic mass is 9.95. The fourth-order valence-corrected chi connectivity index (χ4v) is 4.71. The van der Waals surface area contributed by atoms with Crippen molar-refractivity contribution in [2.75, 3.05) is 25.1 Å². The summed E-state index contributed by atoms with van der Waals surface area (Å²) in [5.41, 5.74) is 2.45. The van der Waals surface area contributed by atoms with E-state index in [1.807, 2.05) is 65.1 Å². The zero-order chi connectivity index (χ0) is 22.5. The van der Waals surface area contributed by atoms with Crippen LogP contribution in [0.1, 0.15) is 46.9 Å². The van der Waals surface area contributed by atoms with E-state index in [1.165, 1.54) is 0 Å². The predicted molar refractivity (Wildman–Crippen MR) is 127 cm³/mol. The third-order valence-corrected chi connectivity index (χ3v) is 6.65. The summed E-state index contributed by atoms with van der Waals surface area (Å²) in [6.45, 7) is 3.26. The quantitative estimate of drug-likeness (QED) is 0.596. The molecule has 2 aromatic heterocycles. The Morgan fingerprint density at radius 3 is 2.72 bits per heavy atom. The van der Waals surface area contributed by atoms with E-state index in [9.17, 15) is 9.59 Å². The van der Waals surface area contributed by atoms with E-state index in [-0.39, 0.29) is 17.7 Å². The number of benzene rings is 1. The van der Waals surface area contributed by atoms with Gasteiger partial charge in [-0.25, -0.2) is 0 Å². The Bertz CT molecular complexity index is 1090. The second kappa shape index (κ2) is 10.2. The number of thioether (sulfide) groups is 1. The molecule has 0 aliphatic carbocycles. The number of nitrogens with zero attached hydrogens (tertiary/aromatic N) is 4. The molecule has 0 saturated carbocycles. The molecular formula is C24H29N5O2S.